The lowest BCUT2D eigenvalue weighted by Gasteiger charge is -2.30. The topological polar surface area (TPSA) is 197 Å². The van der Waals surface area contributed by atoms with Gasteiger partial charge in [-0.15, -0.1) is 0 Å². The quantitative estimate of drug-likeness (QED) is 0.242. The van der Waals surface area contributed by atoms with E-state index in [0.717, 1.165) is 21.6 Å². The van der Waals surface area contributed by atoms with Gasteiger partial charge in [0, 0.05) is 11.5 Å². The van der Waals surface area contributed by atoms with E-state index in [1.165, 1.54) is 0 Å². The highest BCUT2D eigenvalue weighted by Crippen LogP contribution is 2.25. The van der Waals surface area contributed by atoms with Crippen LogP contribution in [0.25, 0.3) is 0 Å². The van der Waals surface area contributed by atoms with Crippen molar-refractivity contribution in [2.75, 3.05) is 18.1 Å². The zero-order valence-corrected chi connectivity index (χ0v) is 20.8. The van der Waals surface area contributed by atoms with Crippen LogP contribution in [-0.2, 0) is 23.9 Å². The van der Waals surface area contributed by atoms with Crippen molar-refractivity contribution in [1.82, 2.24) is 10.2 Å². The third-order valence-electron chi connectivity index (χ3n) is 3.20. The number of carbonyl (C=O) groups excluding carboxylic acids is 5. The zero-order chi connectivity index (χ0) is 25.3. The van der Waals surface area contributed by atoms with Crippen molar-refractivity contribution in [2.24, 2.45) is 17.2 Å². The van der Waals surface area contributed by atoms with Crippen molar-refractivity contribution in [3.63, 3.8) is 0 Å². The third kappa shape index (κ3) is 12.6. The minimum atomic E-state index is -1.39. The highest BCUT2D eigenvalue weighted by Gasteiger charge is 2.37. The van der Waals surface area contributed by atoms with E-state index in [9.17, 15) is 24.0 Å². The smallest absolute Gasteiger partial charge is 0.417 e. The van der Waals surface area contributed by atoms with Crippen molar-refractivity contribution in [2.45, 2.75) is 64.8 Å². The van der Waals surface area contributed by atoms with E-state index in [1.807, 2.05) is 0 Å². The van der Waals surface area contributed by atoms with Crippen LogP contribution in [0.15, 0.2) is 0 Å². The molecule has 32 heavy (non-hydrogen) atoms. The summed E-state index contributed by atoms with van der Waals surface area (Å²) >= 11 is 0. The van der Waals surface area contributed by atoms with E-state index in [4.69, 9.17) is 26.7 Å². The SMILES string of the molecule is CC(C)(C)OC(=O)NCC(=O)N(C(=O)OC(C)(C)C)[C@@H](CSSCC(N)C(N)=O)C(N)=O. The number of nitrogens with zero attached hydrogens (tertiary/aromatic N) is 1. The fraction of sp³-hybridized carbons (Fsp3) is 0.722. The van der Waals surface area contributed by atoms with Gasteiger partial charge >= 0.3 is 12.2 Å². The van der Waals surface area contributed by atoms with Crippen LogP contribution in [0.2, 0.25) is 0 Å². The van der Waals surface area contributed by atoms with E-state index in [-0.39, 0.29) is 11.5 Å². The van der Waals surface area contributed by atoms with Gasteiger partial charge in [0.1, 0.15) is 23.8 Å². The van der Waals surface area contributed by atoms with Gasteiger partial charge in [-0.2, -0.15) is 0 Å². The minimum absolute atomic E-state index is 0.108. The summed E-state index contributed by atoms with van der Waals surface area (Å²) in [7, 11) is 2.18. The molecular formula is C18H33N5O7S2. The molecule has 0 fully saturated rings. The van der Waals surface area contributed by atoms with Crippen molar-refractivity contribution in [3.05, 3.63) is 0 Å². The maximum Gasteiger partial charge on any atom is 0.417 e. The first kappa shape index (κ1) is 29.8. The van der Waals surface area contributed by atoms with Gasteiger partial charge in [0.15, 0.2) is 0 Å². The van der Waals surface area contributed by atoms with Gasteiger partial charge in [0.2, 0.25) is 11.8 Å². The van der Waals surface area contributed by atoms with Crippen LogP contribution in [0.1, 0.15) is 41.5 Å². The van der Waals surface area contributed by atoms with Gasteiger partial charge in [-0.25, -0.2) is 14.5 Å². The molecule has 0 rings (SSSR count). The Morgan fingerprint density at radius 2 is 1.38 bits per heavy atom. The van der Waals surface area contributed by atoms with Crippen LogP contribution < -0.4 is 22.5 Å². The molecule has 5 amide bonds. The van der Waals surface area contributed by atoms with Gasteiger partial charge in [0.25, 0.3) is 5.91 Å². The Balaban J connectivity index is 5.41. The molecule has 0 aromatic heterocycles. The van der Waals surface area contributed by atoms with Gasteiger partial charge in [-0.3, -0.25) is 14.4 Å². The van der Waals surface area contributed by atoms with Crippen LogP contribution >= 0.6 is 21.6 Å². The summed E-state index contributed by atoms with van der Waals surface area (Å²) in [5.74, 6) is -2.54. The number of nitrogens with one attached hydrogen (secondary N) is 1. The number of carbonyl (C=O) groups is 5. The number of ether oxygens (including phenoxy) is 2. The molecule has 184 valence electrons. The van der Waals surface area contributed by atoms with Crippen LogP contribution in [0.4, 0.5) is 9.59 Å². The summed E-state index contributed by atoms with van der Waals surface area (Å²) in [6.07, 6.45) is -1.98. The molecule has 0 heterocycles. The molecule has 0 aliphatic rings. The first-order valence-corrected chi connectivity index (χ1v) is 12.0. The Morgan fingerprint density at radius 3 is 1.81 bits per heavy atom. The number of alkyl carbamates (subject to hydrolysis) is 1. The van der Waals surface area contributed by atoms with Crippen molar-refractivity contribution >= 4 is 51.5 Å². The fourth-order valence-corrected chi connectivity index (χ4v) is 4.21. The number of imide groups is 1. The predicted molar refractivity (Wildman–Crippen MR) is 122 cm³/mol. The van der Waals surface area contributed by atoms with E-state index < -0.39 is 59.7 Å². The number of nitrogens with two attached hydrogens (primary N) is 3. The van der Waals surface area contributed by atoms with Gasteiger partial charge in [-0.1, -0.05) is 21.6 Å². The van der Waals surface area contributed by atoms with Crippen LogP contribution in [0.3, 0.4) is 0 Å². The first-order chi connectivity index (χ1) is 14.4. The molecule has 0 saturated carbocycles. The maximum atomic E-state index is 12.8. The maximum absolute atomic E-state index is 12.8. The van der Waals surface area contributed by atoms with Crippen LogP contribution in [0, 0.1) is 0 Å². The molecule has 0 aromatic rings. The molecule has 14 heteroatoms. The molecule has 12 nitrogen and oxygen atoms in total. The lowest BCUT2D eigenvalue weighted by molar-refractivity contribution is -0.136. The lowest BCUT2D eigenvalue weighted by atomic mass is 10.2. The average Bonchev–Trinajstić information content (AvgIpc) is 2.58. The monoisotopic (exact) mass is 495 g/mol. The van der Waals surface area contributed by atoms with Gasteiger partial charge in [0.05, 0.1) is 6.04 Å². The fourth-order valence-electron chi connectivity index (χ4n) is 1.86. The molecule has 0 aromatic carbocycles. The predicted octanol–water partition coefficient (Wildman–Crippen LogP) is 0.323. The van der Waals surface area contributed by atoms with Crippen LogP contribution in [0.5, 0.6) is 0 Å². The molecule has 1 unspecified atom stereocenters. The van der Waals surface area contributed by atoms with Crippen molar-refractivity contribution in [3.8, 4) is 0 Å². The molecule has 7 N–H and O–H groups in total. The second-order valence-corrected chi connectivity index (χ2v) is 11.1. The average molecular weight is 496 g/mol. The highest BCUT2D eigenvalue weighted by atomic mass is 33.1. The summed E-state index contributed by atoms with van der Waals surface area (Å²) in [6, 6.07) is -2.29. The second-order valence-electron chi connectivity index (χ2n) is 8.60. The van der Waals surface area contributed by atoms with Crippen molar-refractivity contribution in [1.29, 1.82) is 0 Å². The lowest BCUT2D eigenvalue weighted by Crippen LogP contribution is -2.56. The summed E-state index contributed by atoms with van der Waals surface area (Å²) < 4.78 is 10.3. The Bertz CT molecular complexity index is 707. The number of hydrogen-bond donors (Lipinski definition) is 4. The van der Waals surface area contributed by atoms with Gasteiger partial charge in [-0.05, 0) is 41.5 Å². The molecule has 0 aliphatic heterocycles. The summed E-state index contributed by atoms with van der Waals surface area (Å²) in [4.78, 5) is 60.9. The number of hydrogen-bond acceptors (Lipinski definition) is 10. The summed E-state index contributed by atoms with van der Waals surface area (Å²) in [6.45, 7) is 9.05. The largest absolute Gasteiger partial charge is 0.444 e. The summed E-state index contributed by atoms with van der Waals surface area (Å²) in [5.41, 5.74) is 14.3. The van der Waals surface area contributed by atoms with Crippen LogP contribution in [-0.4, -0.2) is 76.1 Å². The van der Waals surface area contributed by atoms with E-state index >= 15 is 0 Å². The third-order valence-corrected chi connectivity index (χ3v) is 5.63. The second kappa shape index (κ2) is 12.7. The number of rotatable bonds is 10. The molecule has 0 radical (unpaired) electrons. The molecule has 0 bridgehead atoms. The molecule has 0 spiro atoms. The Kier molecular flexibility index (Phi) is 11.9. The summed E-state index contributed by atoms with van der Waals surface area (Å²) in [5, 5.41) is 2.23. The minimum Gasteiger partial charge on any atom is -0.444 e. The molecular weight excluding hydrogens is 462 g/mol. The van der Waals surface area contributed by atoms with E-state index in [1.54, 1.807) is 41.5 Å². The Labute approximate surface area is 195 Å². The standard InChI is InChI=1S/C18H33N5O7S2/c1-17(2,3)29-15(27)22-7-12(24)23(16(28)30-18(4,5)6)11(14(21)26)9-32-31-8-10(19)13(20)25/h10-11H,7-9,19H2,1-6H3,(H2,20,25)(H2,21,26)(H,22,27)/t10?,11-/m0/s1. The van der Waals surface area contributed by atoms with E-state index in [0.29, 0.717) is 4.90 Å². The number of primary amides is 2. The number of amides is 5. The Morgan fingerprint density at radius 1 is 0.875 bits per heavy atom. The molecule has 2 atom stereocenters. The molecule has 0 aliphatic carbocycles. The van der Waals surface area contributed by atoms with Gasteiger partial charge < -0.3 is 32.0 Å². The molecule has 0 saturated heterocycles. The normalized spacial score (nSPS) is 13.5. The highest BCUT2D eigenvalue weighted by molar-refractivity contribution is 8.76. The van der Waals surface area contributed by atoms with Crippen molar-refractivity contribution < 1.29 is 33.4 Å². The van der Waals surface area contributed by atoms with E-state index in [2.05, 4.69) is 5.32 Å². The Hall–Kier alpha value is -2.19. The zero-order valence-electron chi connectivity index (χ0n) is 19.1. The first-order valence-electron chi connectivity index (χ1n) is 9.55.